The summed E-state index contributed by atoms with van der Waals surface area (Å²) in [7, 11) is 0. The summed E-state index contributed by atoms with van der Waals surface area (Å²) in [6, 6.07) is 5.74. The summed E-state index contributed by atoms with van der Waals surface area (Å²) in [4.78, 5) is 0. The summed E-state index contributed by atoms with van der Waals surface area (Å²) >= 11 is 5.09. The number of thioether (sulfide) groups is 1. The molecule has 4 heteroatoms. The van der Waals surface area contributed by atoms with Gasteiger partial charge in [0, 0.05) is 6.04 Å². The fourth-order valence-corrected chi connectivity index (χ4v) is 2.72. The maximum Gasteiger partial charge on any atom is 0.137 e. The molecule has 1 aromatic carbocycles. The molecule has 0 aromatic heterocycles. The number of halogens is 2. The summed E-state index contributed by atoms with van der Waals surface area (Å²) in [5, 5.41) is 3.48. The highest BCUT2D eigenvalue weighted by molar-refractivity contribution is 9.10. The second-order valence-electron chi connectivity index (χ2n) is 3.99. The van der Waals surface area contributed by atoms with Crippen molar-refractivity contribution in [3.63, 3.8) is 0 Å². The second kappa shape index (κ2) is 8.11. The van der Waals surface area contributed by atoms with Crippen LogP contribution in [0.4, 0.5) is 4.39 Å². The Hall–Kier alpha value is -0.0600. The van der Waals surface area contributed by atoms with E-state index in [0.717, 1.165) is 25.1 Å². The third-order valence-electron chi connectivity index (χ3n) is 2.63. The molecule has 0 bridgehead atoms. The lowest BCUT2D eigenvalue weighted by molar-refractivity contribution is 0.513. The molecule has 96 valence electrons. The van der Waals surface area contributed by atoms with E-state index in [4.69, 9.17) is 0 Å². The van der Waals surface area contributed by atoms with E-state index in [0.29, 0.717) is 10.5 Å². The molecular formula is C13H19BrFNS. The highest BCUT2D eigenvalue weighted by Gasteiger charge is 2.09. The molecule has 0 aliphatic heterocycles. The largest absolute Gasteiger partial charge is 0.314 e. The van der Waals surface area contributed by atoms with Crippen LogP contribution < -0.4 is 5.32 Å². The van der Waals surface area contributed by atoms with Crippen molar-refractivity contribution in [2.24, 2.45) is 0 Å². The fraction of sp³-hybridized carbons (Fsp3) is 0.538. The first-order valence-electron chi connectivity index (χ1n) is 5.83. The molecular weight excluding hydrogens is 301 g/mol. The lowest BCUT2D eigenvalue weighted by atomic mass is 10.0. The minimum absolute atomic E-state index is 0.196. The Morgan fingerprint density at radius 1 is 1.47 bits per heavy atom. The van der Waals surface area contributed by atoms with Crippen LogP contribution in [0.15, 0.2) is 22.7 Å². The van der Waals surface area contributed by atoms with Crippen molar-refractivity contribution in [3.8, 4) is 0 Å². The van der Waals surface area contributed by atoms with E-state index in [2.05, 4.69) is 34.4 Å². The molecule has 0 fully saturated rings. The van der Waals surface area contributed by atoms with Crippen LogP contribution in [0.1, 0.15) is 18.9 Å². The minimum atomic E-state index is -0.196. The van der Waals surface area contributed by atoms with Crippen molar-refractivity contribution in [1.82, 2.24) is 5.32 Å². The van der Waals surface area contributed by atoms with Crippen molar-refractivity contribution >= 4 is 27.7 Å². The van der Waals surface area contributed by atoms with Gasteiger partial charge in [0.1, 0.15) is 5.82 Å². The van der Waals surface area contributed by atoms with Crippen molar-refractivity contribution in [3.05, 3.63) is 34.1 Å². The zero-order valence-electron chi connectivity index (χ0n) is 10.3. The molecule has 1 atom stereocenters. The molecule has 0 radical (unpaired) electrons. The molecule has 0 aliphatic rings. The van der Waals surface area contributed by atoms with Crippen LogP contribution in [0.5, 0.6) is 0 Å². The standard InChI is InChI=1S/C13H19BrFNS/c1-3-16-11(6-7-17-2)8-10-4-5-13(15)12(14)9-10/h4-5,9,11,16H,3,6-8H2,1-2H3. The Morgan fingerprint density at radius 2 is 2.24 bits per heavy atom. The van der Waals surface area contributed by atoms with Crippen LogP contribution >= 0.6 is 27.7 Å². The lowest BCUT2D eigenvalue weighted by Crippen LogP contribution is -2.31. The Kier molecular flexibility index (Phi) is 7.16. The summed E-state index contributed by atoms with van der Waals surface area (Å²) in [5.74, 6) is 0.956. The van der Waals surface area contributed by atoms with Crippen molar-refractivity contribution in [1.29, 1.82) is 0 Å². The average molecular weight is 320 g/mol. The monoisotopic (exact) mass is 319 g/mol. The van der Waals surface area contributed by atoms with Gasteiger partial charge in [0.15, 0.2) is 0 Å². The highest BCUT2D eigenvalue weighted by Crippen LogP contribution is 2.18. The number of rotatable bonds is 7. The van der Waals surface area contributed by atoms with E-state index in [1.165, 1.54) is 11.6 Å². The van der Waals surface area contributed by atoms with Crippen LogP contribution in [-0.4, -0.2) is 24.6 Å². The normalized spacial score (nSPS) is 12.7. The van der Waals surface area contributed by atoms with Crippen molar-refractivity contribution in [2.45, 2.75) is 25.8 Å². The molecule has 1 rings (SSSR count). The zero-order chi connectivity index (χ0) is 12.7. The third-order valence-corrected chi connectivity index (χ3v) is 3.88. The number of likely N-dealkylation sites (N-methyl/N-ethyl adjacent to an activating group) is 1. The number of nitrogens with one attached hydrogen (secondary N) is 1. The summed E-state index contributed by atoms with van der Waals surface area (Å²) < 4.78 is 13.7. The third kappa shape index (κ3) is 5.40. The van der Waals surface area contributed by atoms with Crippen LogP contribution in [0, 0.1) is 5.82 Å². The maximum absolute atomic E-state index is 13.1. The van der Waals surface area contributed by atoms with Crippen LogP contribution in [0.2, 0.25) is 0 Å². The molecule has 0 amide bonds. The molecule has 1 unspecified atom stereocenters. The predicted octanol–water partition coefficient (Wildman–Crippen LogP) is 3.86. The molecule has 0 aliphatic carbocycles. The van der Waals surface area contributed by atoms with Gasteiger partial charge >= 0.3 is 0 Å². The topological polar surface area (TPSA) is 12.0 Å². The minimum Gasteiger partial charge on any atom is -0.314 e. The van der Waals surface area contributed by atoms with Gasteiger partial charge in [-0.05, 0) is 65.0 Å². The predicted molar refractivity (Wildman–Crippen MR) is 78.3 cm³/mol. The van der Waals surface area contributed by atoms with E-state index in [1.54, 1.807) is 0 Å². The second-order valence-corrected chi connectivity index (χ2v) is 5.83. The van der Waals surface area contributed by atoms with Gasteiger partial charge in [-0.2, -0.15) is 11.8 Å². The van der Waals surface area contributed by atoms with E-state index in [-0.39, 0.29) is 5.82 Å². The summed E-state index contributed by atoms with van der Waals surface area (Å²) in [6.45, 7) is 3.09. The molecule has 1 aromatic rings. The zero-order valence-corrected chi connectivity index (χ0v) is 12.7. The molecule has 17 heavy (non-hydrogen) atoms. The van der Waals surface area contributed by atoms with Gasteiger partial charge in [-0.15, -0.1) is 0 Å². The average Bonchev–Trinajstić information content (AvgIpc) is 2.31. The van der Waals surface area contributed by atoms with Gasteiger partial charge < -0.3 is 5.32 Å². The van der Waals surface area contributed by atoms with Gasteiger partial charge in [0.25, 0.3) is 0 Å². The van der Waals surface area contributed by atoms with Gasteiger partial charge in [-0.25, -0.2) is 4.39 Å². The molecule has 1 nitrogen and oxygen atoms in total. The maximum atomic E-state index is 13.1. The molecule has 0 heterocycles. The quantitative estimate of drug-likeness (QED) is 0.819. The van der Waals surface area contributed by atoms with Gasteiger partial charge in [-0.1, -0.05) is 13.0 Å². The first kappa shape index (κ1) is 15.0. The molecule has 0 saturated heterocycles. The van der Waals surface area contributed by atoms with E-state index < -0.39 is 0 Å². The highest BCUT2D eigenvalue weighted by atomic mass is 79.9. The van der Waals surface area contributed by atoms with Gasteiger partial charge in [0.2, 0.25) is 0 Å². The van der Waals surface area contributed by atoms with E-state index in [1.807, 2.05) is 23.9 Å². The number of hydrogen-bond acceptors (Lipinski definition) is 2. The Labute approximate surface area is 116 Å². The Morgan fingerprint density at radius 3 is 2.82 bits per heavy atom. The van der Waals surface area contributed by atoms with Gasteiger partial charge in [-0.3, -0.25) is 0 Å². The van der Waals surface area contributed by atoms with Crippen molar-refractivity contribution in [2.75, 3.05) is 18.6 Å². The Bertz CT molecular complexity index is 346. The Balaban J connectivity index is 2.61. The first-order chi connectivity index (χ1) is 8.17. The first-order valence-corrected chi connectivity index (χ1v) is 8.02. The smallest absolute Gasteiger partial charge is 0.137 e. The number of hydrogen-bond donors (Lipinski definition) is 1. The molecule has 0 spiro atoms. The molecule has 0 saturated carbocycles. The SMILES string of the molecule is CCNC(CCSC)Cc1ccc(F)c(Br)c1. The summed E-state index contributed by atoms with van der Waals surface area (Å²) in [5.41, 5.74) is 1.17. The van der Waals surface area contributed by atoms with Gasteiger partial charge in [0.05, 0.1) is 4.47 Å². The summed E-state index contributed by atoms with van der Waals surface area (Å²) in [6.07, 6.45) is 4.22. The number of benzene rings is 1. The van der Waals surface area contributed by atoms with E-state index >= 15 is 0 Å². The van der Waals surface area contributed by atoms with Crippen LogP contribution in [-0.2, 0) is 6.42 Å². The fourth-order valence-electron chi connectivity index (χ4n) is 1.78. The van der Waals surface area contributed by atoms with Crippen molar-refractivity contribution < 1.29 is 4.39 Å². The van der Waals surface area contributed by atoms with Crippen LogP contribution in [0.3, 0.4) is 0 Å². The van der Waals surface area contributed by atoms with E-state index in [9.17, 15) is 4.39 Å². The lowest BCUT2D eigenvalue weighted by Gasteiger charge is -2.17. The molecule has 1 N–H and O–H groups in total. The van der Waals surface area contributed by atoms with Crippen LogP contribution in [0.25, 0.3) is 0 Å².